The first-order valence-electron chi connectivity index (χ1n) is 9.37. The van der Waals surface area contributed by atoms with Crippen LogP contribution in [0.3, 0.4) is 0 Å². The van der Waals surface area contributed by atoms with Gasteiger partial charge in [0.2, 0.25) is 0 Å². The molecule has 6 heteroatoms. The molecule has 0 bridgehead atoms. The Kier molecular flexibility index (Phi) is 6.19. The zero-order valence-corrected chi connectivity index (χ0v) is 17.2. The number of rotatable bonds is 7. The topological polar surface area (TPSA) is 37.4 Å². The fourth-order valence-electron chi connectivity index (χ4n) is 3.30. The Labute approximate surface area is 168 Å². The molecular weight excluding hydrogens is 374 g/mol. The SMILES string of the molecule is Cc1csc(C(Cc2cccs2)NCc2ccc(N3CCOCC3)cc2)n1. The van der Waals surface area contributed by atoms with Crippen molar-refractivity contribution >= 4 is 28.4 Å². The van der Waals surface area contributed by atoms with Gasteiger partial charge in [-0.3, -0.25) is 0 Å². The van der Waals surface area contributed by atoms with Gasteiger partial charge < -0.3 is 15.0 Å². The summed E-state index contributed by atoms with van der Waals surface area (Å²) in [5, 5.41) is 9.17. The third kappa shape index (κ3) is 4.96. The van der Waals surface area contributed by atoms with E-state index in [9.17, 15) is 0 Å². The highest BCUT2D eigenvalue weighted by Gasteiger charge is 2.16. The summed E-state index contributed by atoms with van der Waals surface area (Å²) in [5.41, 5.74) is 3.69. The summed E-state index contributed by atoms with van der Waals surface area (Å²) >= 11 is 3.56. The number of aromatic nitrogens is 1. The second-order valence-corrected chi connectivity index (χ2v) is 8.73. The van der Waals surface area contributed by atoms with Crippen molar-refractivity contribution in [3.63, 3.8) is 0 Å². The summed E-state index contributed by atoms with van der Waals surface area (Å²) in [6, 6.07) is 13.5. The minimum Gasteiger partial charge on any atom is -0.378 e. The van der Waals surface area contributed by atoms with E-state index < -0.39 is 0 Å². The largest absolute Gasteiger partial charge is 0.378 e. The van der Waals surface area contributed by atoms with E-state index in [0.717, 1.165) is 45.0 Å². The third-order valence-electron chi connectivity index (χ3n) is 4.79. The number of hydrogen-bond acceptors (Lipinski definition) is 6. The molecule has 1 N–H and O–H groups in total. The summed E-state index contributed by atoms with van der Waals surface area (Å²) < 4.78 is 5.44. The maximum absolute atomic E-state index is 5.44. The van der Waals surface area contributed by atoms with Crippen molar-refractivity contribution in [2.24, 2.45) is 0 Å². The molecule has 1 fully saturated rings. The van der Waals surface area contributed by atoms with Gasteiger partial charge in [-0.1, -0.05) is 18.2 Å². The van der Waals surface area contributed by atoms with Gasteiger partial charge in [-0.15, -0.1) is 22.7 Å². The maximum atomic E-state index is 5.44. The van der Waals surface area contributed by atoms with E-state index in [4.69, 9.17) is 9.72 Å². The number of thiophene rings is 1. The summed E-state index contributed by atoms with van der Waals surface area (Å²) in [7, 11) is 0. The molecule has 1 aromatic carbocycles. The van der Waals surface area contributed by atoms with E-state index in [1.165, 1.54) is 21.1 Å². The minimum atomic E-state index is 0.251. The fraction of sp³-hybridized carbons (Fsp3) is 0.381. The van der Waals surface area contributed by atoms with Crippen LogP contribution in [0.2, 0.25) is 0 Å². The van der Waals surface area contributed by atoms with Crippen LogP contribution in [0.1, 0.15) is 27.2 Å². The molecule has 4 nitrogen and oxygen atoms in total. The van der Waals surface area contributed by atoms with Gasteiger partial charge in [-0.2, -0.15) is 0 Å². The van der Waals surface area contributed by atoms with Crippen LogP contribution in [0.4, 0.5) is 5.69 Å². The molecule has 1 aliphatic heterocycles. The van der Waals surface area contributed by atoms with Gasteiger partial charge >= 0.3 is 0 Å². The molecule has 1 aliphatic rings. The molecule has 1 unspecified atom stereocenters. The van der Waals surface area contributed by atoms with Crippen molar-refractivity contribution < 1.29 is 4.74 Å². The molecule has 27 heavy (non-hydrogen) atoms. The highest BCUT2D eigenvalue weighted by Crippen LogP contribution is 2.25. The number of nitrogens with one attached hydrogen (secondary N) is 1. The van der Waals surface area contributed by atoms with Crippen LogP contribution < -0.4 is 10.2 Å². The highest BCUT2D eigenvalue weighted by atomic mass is 32.1. The molecule has 3 heterocycles. The van der Waals surface area contributed by atoms with Crippen LogP contribution in [0.5, 0.6) is 0 Å². The molecule has 1 saturated heterocycles. The lowest BCUT2D eigenvalue weighted by molar-refractivity contribution is 0.122. The normalized spacial score (nSPS) is 15.8. The van der Waals surface area contributed by atoms with E-state index >= 15 is 0 Å². The van der Waals surface area contributed by atoms with Crippen molar-refractivity contribution in [2.45, 2.75) is 25.9 Å². The van der Waals surface area contributed by atoms with E-state index in [1.54, 1.807) is 11.3 Å². The highest BCUT2D eigenvalue weighted by molar-refractivity contribution is 7.10. The lowest BCUT2D eigenvalue weighted by Crippen LogP contribution is -2.36. The second kappa shape index (κ2) is 8.97. The predicted molar refractivity (Wildman–Crippen MR) is 114 cm³/mol. The van der Waals surface area contributed by atoms with Crippen LogP contribution in [0, 0.1) is 6.92 Å². The molecule has 142 valence electrons. The van der Waals surface area contributed by atoms with Gasteiger partial charge in [0.05, 0.1) is 19.3 Å². The van der Waals surface area contributed by atoms with Crippen LogP contribution in [-0.4, -0.2) is 31.3 Å². The van der Waals surface area contributed by atoms with Crippen molar-refractivity contribution in [1.82, 2.24) is 10.3 Å². The van der Waals surface area contributed by atoms with Crippen LogP contribution in [0.15, 0.2) is 47.2 Å². The number of anilines is 1. The number of nitrogens with zero attached hydrogens (tertiary/aromatic N) is 2. The summed E-state index contributed by atoms with van der Waals surface area (Å²) in [4.78, 5) is 8.50. The molecule has 4 rings (SSSR count). The Bertz CT molecular complexity index is 824. The molecule has 0 radical (unpaired) electrons. The Morgan fingerprint density at radius 1 is 1.15 bits per heavy atom. The zero-order valence-electron chi connectivity index (χ0n) is 15.6. The first kappa shape index (κ1) is 18.6. The molecule has 0 amide bonds. The van der Waals surface area contributed by atoms with Gasteiger partial charge in [0, 0.05) is 47.7 Å². The van der Waals surface area contributed by atoms with Crippen LogP contribution in [-0.2, 0) is 17.7 Å². The predicted octanol–water partition coefficient (Wildman–Crippen LogP) is 4.42. The van der Waals surface area contributed by atoms with Gasteiger partial charge in [0.1, 0.15) is 5.01 Å². The molecule has 0 saturated carbocycles. The number of ether oxygens (including phenoxy) is 1. The van der Waals surface area contributed by atoms with Crippen LogP contribution in [0.25, 0.3) is 0 Å². The average Bonchev–Trinajstić information content (AvgIpc) is 3.38. The number of aryl methyl sites for hydroxylation is 1. The standard InChI is InChI=1S/C21H25N3OS2/c1-16-15-27-21(23-16)20(13-19-3-2-12-26-19)22-14-17-4-6-18(7-5-17)24-8-10-25-11-9-24/h2-7,12,15,20,22H,8-11,13-14H2,1H3. The summed E-state index contributed by atoms with van der Waals surface area (Å²) in [6.07, 6.45) is 0.983. The fourth-order valence-corrected chi connectivity index (χ4v) is 4.92. The second-order valence-electron chi connectivity index (χ2n) is 6.81. The molecule has 1 atom stereocenters. The van der Waals surface area contributed by atoms with Crippen molar-refractivity contribution in [3.8, 4) is 0 Å². The van der Waals surface area contributed by atoms with E-state index in [1.807, 2.05) is 11.3 Å². The summed E-state index contributed by atoms with van der Waals surface area (Å²) in [6.45, 7) is 6.50. The van der Waals surface area contributed by atoms with E-state index in [0.29, 0.717) is 0 Å². The van der Waals surface area contributed by atoms with Gasteiger partial charge in [0.25, 0.3) is 0 Å². The van der Waals surface area contributed by atoms with Gasteiger partial charge in [0.15, 0.2) is 0 Å². The van der Waals surface area contributed by atoms with Crippen molar-refractivity contribution in [2.75, 3.05) is 31.2 Å². The monoisotopic (exact) mass is 399 g/mol. The first-order valence-corrected chi connectivity index (χ1v) is 11.1. The minimum absolute atomic E-state index is 0.251. The third-order valence-corrected chi connectivity index (χ3v) is 6.76. The molecule has 2 aromatic heterocycles. The number of benzene rings is 1. The lowest BCUT2D eigenvalue weighted by atomic mass is 10.1. The smallest absolute Gasteiger partial charge is 0.110 e. The lowest BCUT2D eigenvalue weighted by Gasteiger charge is -2.29. The maximum Gasteiger partial charge on any atom is 0.110 e. The Morgan fingerprint density at radius 3 is 2.63 bits per heavy atom. The molecule has 0 aliphatic carbocycles. The molecular formula is C21H25N3OS2. The Hall–Kier alpha value is -1.73. The number of morpholine rings is 1. The quantitative estimate of drug-likeness (QED) is 0.638. The molecule has 3 aromatic rings. The number of thiazole rings is 1. The van der Waals surface area contributed by atoms with Crippen LogP contribution >= 0.6 is 22.7 Å². The van der Waals surface area contributed by atoms with E-state index in [2.05, 4.69) is 64.3 Å². The Morgan fingerprint density at radius 2 is 1.96 bits per heavy atom. The zero-order chi connectivity index (χ0) is 18.5. The van der Waals surface area contributed by atoms with Crippen molar-refractivity contribution in [3.05, 3.63) is 68.3 Å². The first-order chi connectivity index (χ1) is 13.3. The van der Waals surface area contributed by atoms with Crippen molar-refractivity contribution in [1.29, 1.82) is 0 Å². The molecule has 0 spiro atoms. The van der Waals surface area contributed by atoms with E-state index in [-0.39, 0.29) is 6.04 Å². The Balaban J connectivity index is 1.40. The number of hydrogen-bond donors (Lipinski definition) is 1. The van der Waals surface area contributed by atoms with Gasteiger partial charge in [-0.25, -0.2) is 4.98 Å². The summed E-state index contributed by atoms with van der Waals surface area (Å²) in [5.74, 6) is 0. The van der Waals surface area contributed by atoms with Gasteiger partial charge in [-0.05, 0) is 36.1 Å². The average molecular weight is 400 g/mol.